The van der Waals surface area contributed by atoms with Crippen LogP contribution in [-0.2, 0) is 0 Å². The van der Waals surface area contributed by atoms with Gasteiger partial charge in [-0.15, -0.1) is 0 Å². The fourth-order valence-electron chi connectivity index (χ4n) is 1.79. The second-order valence-electron chi connectivity index (χ2n) is 3.78. The number of pyridine rings is 1. The second-order valence-corrected chi connectivity index (χ2v) is 3.78. The maximum absolute atomic E-state index is 10.8. The first-order chi connectivity index (χ1) is 9.17. The van der Waals surface area contributed by atoms with Crippen molar-refractivity contribution in [2.24, 2.45) is 0 Å². The molecular weight excluding hydrogens is 246 g/mol. The predicted octanol–water partition coefficient (Wildman–Crippen LogP) is 2.46. The number of para-hydroxylation sites is 1. The topological polar surface area (TPSA) is 68.7 Å². The predicted molar refractivity (Wildman–Crippen MR) is 69.7 cm³/mol. The summed E-state index contributed by atoms with van der Waals surface area (Å²) in [5.41, 5.74) is 1.57. The second kappa shape index (κ2) is 5.39. The highest BCUT2D eigenvalue weighted by Gasteiger charge is 2.12. The molecule has 5 nitrogen and oxygen atoms in total. The Bertz CT molecular complexity index is 593. The van der Waals surface area contributed by atoms with E-state index in [1.54, 1.807) is 26.4 Å². The third-order valence-electron chi connectivity index (χ3n) is 2.70. The monoisotopic (exact) mass is 259 g/mol. The van der Waals surface area contributed by atoms with E-state index in [2.05, 4.69) is 4.98 Å². The van der Waals surface area contributed by atoms with Gasteiger partial charge in [-0.2, -0.15) is 0 Å². The van der Waals surface area contributed by atoms with Crippen LogP contribution in [0.1, 0.15) is 10.5 Å². The van der Waals surface area contributed by atoms with Crippen molar-refractivity contribution in [3.05, 3.63) is 42.2 Å². The van der Waals surface area contributed by atoms with Gasteiger partial charge in [-0.05, 0) is 12.1 Å². The van der Waals surface area contributed by atoms with E-state index in [4.69, 9.17) is 14.6 Å². The summed E-state index contributed by atoms with van der Waals surface area (Å²) in [5.74, 6) is 0.154. The van der Waals surface area contributed by atoms with E-state index in [0.29, 0.717) is 11.5 Å². The van der Waals surface area contributed by atoms with Gasteiger partial charge in [0.05, 0.1) is 14.2 Å². The van der Waals surface area contributed by atoms with Crippen LogP contribution < -0.4 is 9.47 Å². The summed E-state index contributed by atoms with van der Waals surface area (Å²) in [4.78, 5) is 14.7. The first-order valence-corrected chi connectivity index (χ1v) is 5.58. The fourth-order valence-corrected chi connectivity index (χ4v) is 1.79. The zero-order chi connectivity index (χ0) is 13.8. The number of hydrogen-bond acceptors (Lipinski definition) is 4. The van der Waals surface area contributed by atoms with Crippen LogP contribution in [0, 0.1) is 0 Å². The molecule has 2 aromatic rings. The molecule has 0 bridgehead atoms. The Balaban J connectivity index is 2.49. The minimum atomic E-state index is -1.05. The summed E-state index contributed by atoms with van der Waals surface area (Å²) in [6, 6.07) is 8.63. The SMILES string of the molecule is COc1cccc(-c2ccc(C(=O)O)nc2)c1OC. The Labute approximate surface area is 110 Å². The molecule has 98 valence electrons. The Morgan fingerprint density at radius 1 is 1.16 bits per heavy atom. The highest BCUT2D eigenvalue weighted by Crippen LogP contribution is 2.37. The number of rotatable bonds is 4. The van der Waals surface area contributed by atoms with Gasteiger partial charge in [-0.3, -0.25) is 0 Å². The highest BCUT2D eigenvalue weighted by atomic mass is 16.5. The van der Waals surface area contributed by atoms with Crippen LogP contribution in [0.15, 0.2) is 36.5 Å². The Hall–Kier alpha value is -2.56. The standard InChI is InChI=1S/C14H13NO4/c1-18-12-5-3-4-10(13(12)19-2)9-6-7-11(14(16)17)15-8-9/h3-8H,1-2H3,(H,16,17). The largest absolute Gasteiger partial charge is 0.493 e. The van der Waals surface area contributed by atoms with Crippen molar-refractivity contribution in [1.82, 2.24) is 4.98 Å². The third kappa shape index (κ3) is 2.49. The summed E-state index contributed by atoms with van der Waals surface area (Å²) in [6.07, 6.45) is 1.50. The molecule has 1 N–H and O–H groups in total. The molecule has 0 atom stereocenters. The Kier molecular flexibility index (Phi) is 3.66. The van der Waals surface area contributed by atoms with Crippen LogP contribution in [0.5, 0.6) is 11.5 Å². The molecule has 0 aliphatic heterocycles. The van der Waals surface area contributed by atoms with Crippen LogP contribution in [0.2, 0.25) is 0 Å². The maximum Gasteiger partial charge on any atom is 0.354 e. The van der Waals surface area contributed by atoms with Gasteiger partial charge in [0.1, 0.15) is 5.69 Å². The van der Waals surface area contributed by atoms with Crippen LogP contribution in [-0.4, -0.2) is 30.3 Å². The van der Waals surface area contributed by atoms with Gasteiger partial charge in [0.25, 0.3) is 0 Å². The number of hydrogen-bond donors (Lipinski definition) is 1. The molecule has 0 fully saturated rings. The molecule has 0 amide bonds. The average molecular weight is 259 g/mol. The molecule has 0 radical (unpaired) electrons. The zero-order valence-electron chi connectivity index (χ0n) is 10.6. The van der Waals surface area contributed by atoms with Crippen LogP contribution in [0.25, 0.3) is 11.1 Å². The number of aromatic carboxylic acids is 1. The highest BCUT2D eigenvalue weighted by molar-refractivity contribution is 5.86. The van der Waals surface area contributed by atoms with E-state index in [9.17, 15) is 4.79 Å². The lowest BCUT2D eigenvalue weighted by molar-refractivity contribution is 0.0690. The fraction of sp³-hybridized carbons (Fsp3) is 0.143. The molecule has 0 spiro atoms. The van der Waals surface area contributed by atoms with Gasteiger partial charge >= 0.3 is 5.97 Å². The molecule has 0 saturated carbocycles. The smallest absolute Gasteiger partial charge is 0.354 e. The molecule has 5 heteroatoms. The van der Waals surface area contributed by atoms with E-state index in [-0.39, 0.29) is 5.69 Å². The van der Waals surface area contributed by atoms with E-state index in [1.165, 1.54) is 12.3 Å². The molecule has 0 aliphatic rings. The molecule has 1 aromatic carbocycles. The van der Waals surface area contributed by atoms with E-state index in [1.807, 2.05) is 12.1 Å². The van der Waals surface area contributed by atoms with Crippen molar-refractivity contribution in [1.29, 1.82) is 0 Å². The Morgan fingerprint density at radius 3 is 2.47 bits per heavy atom. The van der Waals surface area contributed by atoms with Gasteiger partial charge in [0, 0.05) is 17.3 Å². The van der Waals surface area contributed by atoms with Gasteiger partial charge in [0.15, 0.2) is 11.5 Å². The first-order valence-electron chi connectivity index (χ1n) is 5.58. The van der Waals surface area contributed by atoms with Crippen LogP contribution in [0.4, 0.5) is 0 Å². The number of carbonyl (C=O) groups is 1. The summed E-state index contributed by atoms with van der Waals surface area (Å²) in [7, 11) is 3.12. The lowest BCUT2D eigenvalue weighted by Gasteiger charge is -2.12. The van der Waals surface area contributed by atoms with Crippen molar-refractivity contribution in [2.45, 2.75) is 0 Å². The molecule has 1 heterocycles. The number of ether oxygens (including phenoxy) is 2. The minimum Gasteiger partial charge on any atom is -0.493 e. The summed E-state index contributed by atoms with van der Waals surface area (Å²) >= 11 is 0. The van der Waals surface area contributed by atoms with E-state index >= 15 is 0 Å². The normalized spacial score (nSPS) is 10.0. The van der Waals surface area contributed by atoms with Crippen molar-refractivity contribution >= 4 is 5.97 Å². The zero-order valence-corrected chi connectivity index (χ0v) is 10.6. The maximum atomic E-state index is 10.8. The molecule has 0 unspecified atom stereocenters. The molecule has 0 aliphatic carbocycles. The molecule has 0 saturated heterocycles. The average Bonchev–Trinajstić information content (AvgIpc) is 2.46. The first kappa shape index (κ1) is 12.9. The summed E-state index contributed by atoms with van der Waals surface area (Å²) in [6.45, 7) is 0. The number of benzene rings is 1. The summed E-state index contributed by atoms with van der Waals surface area (Å²) < 4.78 is 10.6. The van der Waals surface area contributed by atoms with Crippen molar-refractivity contribution in [3.63, 3.8) is 0 Å². The van der Waals surface area contributed by atoms with Crippen molar-refractivity contribution < 1.29 is 19.4 Å². The quantitative estimate of drug-likeness (QED) is 0.913. The number of carboxylic acids is 1. The third-order valence-corrected chi connectivity index (χ3v) is 2.70. The van der Waals surface area contributed by atoms with Gasteiger partial charge in [0.2, 0.25) is 0 Å². The van der Waals surface area contributed by atoms with Gasteiger partial charge in [-0.25, -0.2) is 9.78 Å². The minimum absolute atomic E-state index is 0.00520. The van der Waals surface area contributed by atoms with Gasteiger partial charge < -0.3 is 14.6 Å². The lowest BCUT2D eigenvalue weighted by Crippen LogP contribution is -1.99. The lowest BCUT2D eigenvalue weighted by atomic mass is 10.1. The van der Waals surface area contributed by atoms with E-state index in [0.717, 1.165) is 11.1 Å². The van der Waals surface area contributed by atoms with Crippen LogP contribution in [0.3, 0.4) is 0 Å². The van der Waals surface area contributed by atoms with Crippen molar-refractivity contribution in [3.8, 4) is 22.6 Å². The number of methoxy groups -OCH3 is 2. The van der Waals surface area contributed by atoms with E-state index < -0.39 is 5.97 Å². The molecule has 19 heavy (non-hydrogen) atoms. The van der Waals surface area contributed by atoms with Crippen molar-refractivity contribution in [2.75, 3.05) is 14.2 Å². The number of nitrogens with zero attached hydrogens (tertiary/aromatic N) is 1. The Morgan fingerprint density at radius 2 is 1.95 bits per heavy atom. The van der Waals surface area contributed by atoms with Crippen LogP contribution >= 0.6 is 0 Å². The molecule has 2 rings (SSSR count). The summed E-state index contributed by atoms with van der Waals surface area (Å²) in [5, 5.41) is 8.82. The van der Waals surface area contributed by atoms with Gasteiger partial charge in [-0.1, -0.05) is 18.2 Å². The molecular formula is C14H13NO4. The number of carboxylic acid groups (broad SMARTS) is 1. The number of aromatic nitrogens is 1. The molecule has 1 aromatic heterocycles.